The maximum absolute atomic E-state index is 12.9. The van der Waals surface area contributed by atoms with Gasteiger partial charge in [0.1, 0.15) is 11.6 Å². The molecule has 0 atom stereocenters. The third-order valence-corrected chi connectivity index (χ3v) is 5.41. The molecule has 1 aromatic carbocycles. The second-order valence-corrected chi connectivity index (χ2v) is 7.77. The summed E-state index contributed by atoms with van der Waals surface area (Å²) in [4.78, 5) is 32.4. The topological polar surface area (TPSA) is 74.8 Å². The van der Waals surface area contributed by atoms with E-state index in [-0.39, 0.29) is 23.3 Å². The molecule has 1 fully saturated rings. The van der Waals surface area contributed by atoms with E-state index in [9.17, 15) is 22.8 Å². The first-order chi connectivity index (χ1) is 15.7. The fourth-order valence-corrected chi connectivity index (χ4v) is 3.78. The van der Waals surface area contributed by atoms with E-state index in [2.05, 4.69) is 10.3 Å². The molecule has 0 aliphatic carbocycles. The molecule has 1 N–H and O–H groups in total. The number of hydrogen-bond donors (Lipinski definition) is 1. The molecule has 7 nitrogen and oxygen atoms in total. The molecule has 33 heavy (non-hydrogen) atoms. The minimum atomic E-state index is -4.52. The number of halogens is 4. The number of nitrogens with zero attached hydrogens (tertiary/aromatic N) is 3. The summed E-state index contributed by atoms with van der Waals surface area (Å²) in [6, 6.07) is 7.63. The SMILES string of the molecule is CCOc1ccccc1C(=O)NCC(=O)N1CCCN(c2ncc(C(F)(F)F)cc2Cl)CC1. The van der Waals surface area contributed by atoms with Gasteiger partial charge in [-0.2, -0.15) is 13.2 Å². The number of ether oxygens (including phenoxy) is 1. The van der Waals surface area contributed by atoms with Gasteiger partial charge in [-0.15, -0.1) is 0 Å². The Morgan fingerprint density at radius 1 is 1.18 bits per heavy atom. The van der Waals surface area contributed by atoms with Crippen LogP contribution in [0.15, 0.2) is 36.5 Å². The molecule has 1 saturated heterocycles. The average Bonchev–Trinajstić information content (AvgIpc) is 3.03. The van der Waals surface area contributed by atoms with E-state index in [1.54, 1.807) is 34.1 Å². The average molecular weight is 485 g/mol. The van der Waals surface area contributed by atoms with Gasteiger partial charge in [0.15, 0.2) is 0 Å². The van der Waals surface area contributed by atoms with Gasteiger partial charge in [-0.05, 0) is 31.5 Å². The van der Waals surface area contributed by atoms with E-state index in [0.717, 1.165) is 12.3 Å². The van der Waals surface area contributed by atoms with Crippen LogP contribution in [0.25, 0.3) is 0 Å². The molecular weight excluding hydrogens is 461 g/mol. The van der Waals surface area contributed by atoms with Crippen LogP contribution in [0.5, 0.6) is 5.75 Å². The number of pyridine rings is 1. The predicted octanol–water partition coefficient (Wildman–Crippen LogP) is 3.62. The zero-order valence-electron chi connectivity index (χ0n) is 18.0. The van der Waals surface area contributed by atoms with Crippen molar-refractivity contribution in [1.82, 2.24) is 15.2 Å². The number of anilines is 1. The van der Waals surface area contributed by atoms with Crippen LogP contribution in [0.3, 0.4) is 0 Å². The van der Waals surface area contributed by atoms with Gasteiger partial charge in [-0.3, -0.25) is 9.59 Å². The molecular formula is C22H24ClF3N4O3. The molecule has 2 aromatic rings. The first kappa shape index (κ1) is 24.6. The summed E-state index contributed by atoms with van der Waals surface area (Å²) in [6.45, 7) is 3.64. The Balaban J connectivity index is 1.58. The van der Waals surface area contributed by atoms with Crippen molar-refractivity contribution in [2.45, 2.75) is 19.5 Å². The third-order valence-electron chi connectivity index (χ3n) is 5.13. The number of para-hydroxylation sites is 1. The summed E-state index contributed by atoms with van der Waals surface area (Å²) in [5.74, 6) is 0.0197. The molecule has 1 aromatic heterocycles. The fraction of sp³-hybridized carbons (Fsp3) is 0.409. The fourth-order valence-electron chi connectivity index (χ4n) is 3.50. The van der Waals surface area contributed by atoms with E-state index < -0.39 is 17.6 Å². The van der Waals surface area contributed by atoms with E-state index in [0.29, 0.717) is 50.5 Å². The molecule has 1 aliphatic rings. The van der Waals surface area contributed by atoms with Gasteiger partial charge < -0.3 is 19.9 Å². The van der Waals surface area contributed by atoms with Gasteiger partial charge in [0, 0.05) is 32.4 Å². The zero-order chi connectivity index (χ0) is 24.0. The highest BCUT2D eigenvalue weighted by Crippen LogP contribution is 2.33. The predicted molar refractivity (Wildman–Crippen MR) is 118 cm³/mol. The standard InChI is InChI=1S/C22H24ClF3N4O3/c1-2-33-18-7-4-3-6-16(18)21(32)28-14-19(31)29-8-5-9-30(11-10-29)20-17(23)12-15(13-27-20)22(24,25)26/h3-4,6-7,12-13H,2,5,8-11,14H2,1H3,(H,28,32). The Morgan fingerprint density at radius 3 is 2.64 bits per heavy atom. The summed E-state index contributed by atoms with van der Waals surface area (Å²) in [5.41, 5.74) is -0.568. The molecule has 0 spiro atoms. The number of benzene rings is 1. The summed E-state index contributed by atoms with van der Waals surface area (Å²) >= 11 is 6.06. The molecule has 2 amide bonds. The smallest absolute Gasteiger partial charge is 0.417 e. The maximum atomic E-state index is 12.9. The second-order valence-electron chi connectivity index (χ2n) is 7.36. The maximum Gasteiger partial charge on any atom is 0.417 e. The van der Waals surface area contributed by atoms with Crippen molar-refractivity contribution in [3.63, 3.8) is 0 Å². The molecule has 11 heteroatoms. The van der Waals surface area contributed by atoms with Crippen molar-refractivity contribution >= 4 is 29.2 Å². The van der Waals surface area contributed by atoms with Crippen LogP contribution >= 0.6 is 11.6 Å². The minimum absolute atomic E-state index is 0.0928. The van der Waals surface area contributed by atoms with Gasteiger partial charge in [-0.1, -0.05) is 23.7 Å². The summed E-state index contributed by atoms with van der Waals surface area (Å²) in [5, 5.41) is 2.53. The Morgan fingerprint density at radius 2 is 1.94 bits per heavy atom. The van der Waals surface area contributed by atoms with Crippen LogP contribution in [0.4, 0.5) is 19.0 Å². The molecule has 0 unspecified atom stereocenters. The van der Waals surface area contributed by atoms with E-state index in [4.69, 9.17) is 16.3 Å². The van der Waals surface area contributed by atoms with E-state index in [1.807, 2.05) is 6.92 Å². The number of carbonyl (C=O) groups is 2. The normalized spacial score (nSPS) is 14.6. The number of carbonyl (C=O) groups excluding carboxylic acids is 2. The molecule has 0 radical (unpaired) electrons. The molecule has 178 valence electrons. The molecule has 3 rings (SSSR count). The van der Waals surface area contributed by atoms with Gasteiger partial charge in [0.2, 0.25) is 5.91 Å². The largest absolute Gasteiger partial charge is 0.493 e. The van der Waals surface area contributed by atoms with Crippen molar-refractivity contribution in [2.75, 3.05) is 44.2 Å². The first-order valence-electron chi connectivity index (χ1n) is 10.5. The van der Waals surface area contributed by atoms with Crippen LogP contribution in [-0.2, 0) is 11.0 Å². The van der Waals surface area contributed by atoms with Gasteiger partial charge in [-0.25, -0.2) is 4.98 Å². The van der Waals surface area contributed by atoms with Crippen LogP contribution in [0, 0.1) is 0 Å². The highest BCUT2D eigenvalue weighted by molar-refractivity contribution is 6.33. The lowest BCUT2D eigenvalue weighted by atomic mass is 10.2. The van der Waals surface area contributed by atoms with Gasteiger partial charge in [0.05, 0.1) is 29.3 Å². The first-order valence-corrected chi connectivity index (χ1v) is 10.8. The van der Waals surface area contributed by atoms with E-state index >= 15 is 0 Å². The van der Waals surface area contributed by atoms with Gasteiger partial charge in [0.25, 0.3) is 5.91 Å². The Kier molecular flexibility index (Phi) is 8.01. The van der Waals surface area contributed by atoms with Crippen molar-refractivity contribution in [1.29, 1.82) is 0 Å². The lowest BCUT2D eigenvalue weighted by Crippen LogP contribution is -2.42. The Bertz CT molecular complexity index is 1000. The summed E-state index contributed by atoms with van der Waals surface area (Å²) < 4.78 is 44.0. The number of hydrogen-bond acceptors (Lipinski definition) is 5. The minimum Gasteiger partial charge on any atom is -0.493 e. The van der Waals surface area contributed by atoms with Crippen LogP contribution in [-0.4, -0.2) is 61.0 Å². The Hall–Kier alpha value is -3.01. The third kappa shape index (κ3) is 6.28. The van der Waals surface area contributed by atoms with Crippen molar-refractivity contribution in [3.05, 3.63) is 52.7 Å². The van der Waals surface area contributed by atoms with Crippen LogP contribution in [0.1, 0.15) is 29.3 Å². The number of nitrogens with one attached hydrogen (secondary N) is 1. The van der Waals surface area contributed by atoms with Crippen molar-refractivity contribution < 1.29 is 27.5 Å². The quantitative estimate of drug-likeness (QED) is 0.678. The lowest BCUT2D eigenvalue weighted by molar-refractivity contribution is -0.137. The van der Waals surface area contributed by atoms with E-state index in [1.165, 1.54) is 0 Å². The highest BCUT2D eigenvalue weighted by atomic mass is 35.5. The Labute approximate surface area is 194 Å². The van der Waals surface area contributed by atoms with Crippen molar-refractivity contribution in [3.8, 4) is 5.75 Å². The number of rotatable bonds is 6. The zero-order valence-corrected chi connectivity index (χ0v) is 18.7. The summed E-state index contributed by atoms with van der Waals surface area (Å²) in [6.07, 6.45) is -3.19. The molecule has 2 heterocycles. The number of alkyl halides is 3. The number of aromatic nitrogens is 1. The van der Waals surface area contributed by atoms with Crippen LogP contribution < -0.4 is 15.0 Å². The lowest BCUT2D eigenvalue weighted by Gasteiger charge is -2.24. The molecule has 0 bridgehead atoms. The monoisotopic (exact) mass is 484 g/mol. The number of amides is 2. The summed E-state index contributed by atoms with van der Waals surface area (Å²) in [7, 11) is 0. The van der Waals surface area contributed by atoms with Gasteiger partial charge >= 0.3 is 6.18 Å². The van der Waals surface area contributed by atoms with Crippen LogP contribution in [0.2, 0.25) is 5.02 Å². The molecule has 0 saturated carbocycles. The van der Waals surface area contributed by atoms with Crippen molar-refractivity contribution in [2.24, 2.45) is 0 Å². The highest BCUT2D eigenvalue weighted by Gasteiger charge is 2.32. The second kappa shape index (κ2) is 10.7. The molecule has 1 aliphatic heterocycles.